The zero-order valence-corrected chi connectivity index (χ0v) is 15.5. The monoisotopic (exact) mass is 364 g/mol. The van der Waals surface area contributed by atoms with Crippen LogP contribution >= 0.6 is 22.7 Å². The van der Waals surface area contributed by atoms with Crippen molar-refractivity contribution >= 4 is 43.9 Å². The first-order chi connectivity index (χ1) is 12.1. The molecule has 1 N–H and O–H groups in total. The average molecular weight is 364 g/mol. The van der Waals surface area contributed by atoms with E-state index in [4.69, 9.17) is 0 Å². The smallest absolute Gasteiger partial charge is 0.268 e. The molecular formula is C20H16N2OS2. The fraction of sp³-hybridized carbons (Fsp3) is 0.100. The minimum atomic E-state index is -0.109. The molecule has 2 aromatic heterocycles. The quantitative estimate of drug-likeness (QED) is 0.492. The van der Waals surface area contributed by atoms with Gasteiger partial charge in [0.15, 0.2) is 5.13 Å². The molecule has 2 heterocycles. The van der Waals surface area contributed by atoms with Gasteiger partial charge in [-0.15, -0.1) is 11.3 Å². The number of para-hydroxylation sites is 1. The summed E-state index contributed by atoms with van der Waals surface area (Å²) in [6.45, 7) is 4.09. The molecule has 0 unspecified atom stereocenters. The summed E-state index contributed by atoms with van der Waals surface area (Å²) < 4.78 is 1.08. The summed E-state index contributed by atoms with van der Waals surface area (Å²) in [6.07, 6.45) is 0. The van der Waals surface area contributed by atoms with E-state index < -0.39 is 0 Å². The lowest BCUT2D eigenvalue weighted by Crippen LogP contribution is -2.10. The molecule has 0 fully saturated rings. The fourth-order valence-electron chi connectivity index (χ4n) is 2.74. The zero-order chi connectivity index (χ0) is 17.4. The minimum absolute atomic E-state index is 0.109. The number of aromatic nitrogens is 1. The molecule has 0 aliphatic carbocycles. The molecule has 5 heteroatoms. The van der Waals surface area contributed by atoms with Crippen molar-refractivity contribution in [3.63, 3.8) is 0 Å². The molecule has 25 heavy (non-hydrogen) atoms. The molecule has 0 atom stereocenters. The first-order valence-electron chi connectivity index (χ1n) is 7.94. The summed E-state index contributed by atoms with van der Waals surface area (Å²) in [4.78, 5) is 18.0. The Morgan fingerprint density at radius 3 is 2.60 bits per heavy atom. The lowest BCUT2D eigenvalue weighted by Gasteiger charge is -2.04. The number of hydrogen-bond donors (Lipinski definition) is 1. The van der Waals surface area contributed by atoms with Crippen LogP contribution in [0.25, 0.3) is 21.3 Å². The molecule has 3 nitrogen and oxygen atoms in total. The molecule has 124 valence electrons. The third-order valence-corrected chi connectivity index (χ3v) is 5.92. The molecule has 4 aromatic rings. The number of carbonyl (C=O) groups is 1. The number of rotatable bonds is 3. The molecule has 2 aromatic carbocycles. The number of aryl methyl sites for hydroxylation is 2. The summed E-state index contributed by atoms with van der Waals surface area (Å²) in [6, 6.07) is 16.3. The van der Waals surface area contributed by atoms with Crippen molar-refractivity contribution in [2.75, 3.05) is 5.32 Å². The number of nitrogens with one attached hydrogen (secondary N) is 1. The van der Waals surface area contributed by atoms with Gasteiger partial charge < -0.3 is 0 Å². The Labute approximate surface area is 154 Å². The normalized spacial score (nSPS) is 11.0. The Kier molecular flexibility index (Phi) is 4.11. The molecule has 0 bridgehead atoms. The van der Waals surface area contributed by atoms with E-state index in [1.54, 1.807) is 0 Å². The molecule has 0 aliphatic heterocycles. The first-order valence-corrected chi connectivity index (χ1v) is 9.63. The van der Waals surface area contributed by atoms with Gasteiger partial charge in [-0.3, -0.25) is 10.1 Å². The Bertz CT molecular complexity index is 1060. The van der Waals surface area contributed by atoms with E-state index in [2.05, 4.69) is 41.5 Å². The molecule has 0 radical (unpaired) electrons. The molecule has 0 spiro atoms. The van der Waals surface area contributed by atoms with Crippen LogP contribution < -0.4 is 5.32 Å². The first kappa shape index (κ1) is 16.0. The van der Waals surface area contributed by atoms with Crippen LogP contribution in [0.4, 0.5) is 5.13 Å². The van der Waals surface area contributed by atoms with Gasteiger partial charge in [0.05, 0.1) is 10.2 Å². The highest BCUT2D eigenvalue weighted by Gasteiger charge is 2.16. The number of benzene rings is 2. The van der Waals surface area contributed by atoms with E-state index >= 15 is 0 Å². The van der Waals surface area contributed by atoms with Gasteiger partial charge in [0.1, 0.15) is 4.88 Å². The van der Waals surface area contributed by atoms with Crippen LogP contribution in [0.2, 0.25) is 0 Å². The standard InChI is InChI=1S/C20H16N2OS2/c1-12-6-8-14(9-7-12)15-10-11-24-18(15)19(23)22-20-21-17-13(2)4-3-5-16(17)25-20/h3-11H,1-2H3,(H,21,22,23). The number of amides is 1. The number of fused-ring (bicyclic) bond motifs is 1. The average Bonchev–Trinajstić information content (AvgIpc) is 3.23. The van der Waals surface area contributed by atoms with Gasteiger partial charge in [-0.25, -0.2) is 4.98 Å². The number of carbonyl (C=O) groups excluding carboxylic acids is 1. The Morgan fingerprint density at radius 1 is 1.04 bits per heavy atom. The van der Waals surface area contributed by atoms with E-state index in [0.29, 0.717) is 10.0 Å². The van der Waals surface area contributed by atoms with E-state index in [9.17, 15) is 4.79 Å². The van der Waals surface area contributed by atoms with Gasteiger partial charge in [-0.2, -0.15) is 0 Å². The summed E-state index contributed by atoms with van der Waals surface area (Å²) in [5, 5.41) is 5.55. The van der Waals surface area contributed by atoms with Crippen LogP contribution in [0.3, 0.4) is 0 Å². The molecule has 4 rings (SSSR count). The van der Waals surface area contributed by atoms with Crippen LogP contribution in [0.5, 0.6) is 0 Å². The summed E-state index contributed by atoms with van der Waals surface area (Å²) in [5.41, 5.74) is 5.28. The number of anilines is 1. The van der Waals surface area contributed by atoms with Gasteiger partial charge in [0.2, 0.25) is 0 Å². The van der Waals surface area contributed by atoms with Gasteiger partial charge in [-0.1, -0.05) is 53.3 Å². The summed E-state index contributed by atoms with van der Waals surface area (Å²) in [7, 11) is 0. The van der Waals surface area contributed by atoms with E-state index in [0.717, 1.165) is 26.9 Å². The second-order valence-corrected chi connectivity index (χ2v) is 7.87. The highest BCUT2D eigenvalue weighted by atomic mass is 32.1. The van der Waals surface area contributed by atoms with Crippen LogP contribution in [-0.4, -0.2) is 10.9 Å². The van der Waals surface area contributed by atoms with Crippen LogP contribution in [0, 0.1) is 13.8 Å². The van der Waals surface area contributed by atoms with Crippen molar-refractivity contribution in [1.82, 2.24) is 4.98 Å². The SMILES string of the molecule is Cc1ccc(-c2ccsc2C(=O)Nc2nc3c(C)cccc3s2)cc1. The largest absolute Gasteiger partial charge is 0.297 e. The third-order valence-electron chi connectivity index (χ3n) is 4.08. The third kappa shape index (κ3) is 3.08. The maximum Gasteiger partial charge on any atom is 0.268 e. The lowest BCUT2D eigenvalue weighted by atomic mass is 10.0. The molecule has 0 saturated heterocycles. The van der Waals surface area contributed by atoms with Crippen molar-refractivity contribution in [3.8, 4) is 11.1 Å². The summed E-state index contributed by atoms with van der Waals surface area (Å²) in [5.74, 6) is -0.109. The van der Waals surface area contributed by atoms with Crippen LogP contribution in [-0.2, 0) is 0 Å². The fourth-order valence-corrected chi connectivity index (χ4v) is 4.49. The lowest BCUT2D eigenvalue weighted by molar-refractivity contribution is 0.103. The van der Waals surface area contributed by atoms with Gasteiger partial charge in [-0.05, 0) is 42.5 Å². The molecule has 0 aliphatic rings. The van der Waals surface area contributed by atoms with Crippen LogP contribution in [0.15, 0.2) is 53.9 Å². The number of nitrogens with zero attached hydrogens (tertiary/aromatic N) is 1. The predicted molar refractivity (Wildman–Crippen MR) is 107 cm³/mol. The van der Waals surface area contributed by atoms with Gasteiger partial charge >= 0.3 is 0 Å². The Balaban J connectivity index is 1.64. The van der Waals surface area contributed by atoms with Crippen molar-refractivity contribution < 1.29 is 4.79 Å². The topological polar surface area (TPSA) is 42.0 Å². The predicted octanol–water partition coefficient (Wildman–Crippen LogP) is 5.89. The van der Waals surface area contributed by atoms with Crippen molar-refractivity contribution in [1.29, 1.82) is 0 Å². The maximum absolute atomic E-state index is 12.8. The molecule has 1 amide bonds. The Morgan fingerprint density at radius 2 is 1.84 bits per heavy atom. The highest BCUT2D eigenvalue weighted by Crippen LogP contribution is 2.31. The highest BCUT2D eigenvalue weighted by molar-refractivity contribution is 7.22. The Hall–Kier alpha value is -2.50. The molecular weight excluding hydrogens is 348 g/mol. The molecule has 0 saturated carbocycles. The van der Waals surface area contributed by atoms with E-state index in [1.807, 2.05) is 36.6 Å². The van der Waals surface area contributed by atoms with Crippen LogP contribution in [0.1, 0.15) is 20.8 Å². The van der Waals surface area contributed by atoms with Gasteiger partial charge in [0, 0.05) is 5.56 Å². The van der Waals surface area contributed by atoms with E-state index in [-0.39, 0.29) is 5.91 Å². The van der Waals surface area contributed by atoms with Gasteiger partial charge in [0.25, 0.3) is 5.91 Å². The second kappa shape index (κ2) is 6.43. The maximum atomic E-state index is 12.8. The second-order valence-electron chi connectivity index (χ2n) is 5.92. The number of hydrogen-bond acceptors (Lipinski definition) is 4. The van der Waals surface area contributed by atoms with E-state index in [1.165, 1.54) is 28.2 Å². The number of thiazole rings is 1. The van der Waals surface area contributed by atoms with Crippen molar-refractivity contribution in [3.05, 3.63) is 69.9 Å². The van der Waals surface area contributed by atoms with Crippen molar-refractivity contribution in [2.45, 2.75) is 13.8 Å². The minimum Gasteiger partial charge on any atom is -0.297 e. The number of thiophene rings is 1. The van der Waals surface area contributed by atoms with Crippen molar-refractivity contribution in [2.24, 2.45) is 0 Å². The summed E-state index contributed by atoms with van der Waals surface area (Å²) >= 11 is 2.95. The zero-order valence-electron chi connectivity index (χ0n) is 13.9.